The zero-order chi connectivity index (χ0) is 25.0. The Morgan fingerprint density at radius 1 is 1.09 bits per heavy atom. The van der Waals surface area contributed by atoms with Gasteiger partial charge in [0.1, 0.15) is 5.02 Å². The molecule has 6 nitrogen and oxygen atoms in total. The van der Waals surface area contributed by atoms with Gasteiger partial charge in [-0.3, -0.25) is 4.79 Å². The summed E-state index contributed by atoms with van der Waals surface area (Å²) in [5.74, 6) is -1.44. The number of halogens is 5. The first-order chi connectivity index (χ1) is 16.0. The zero-order valence-corrected chi connectivity index (χ0v) is 19.3. The van der Waals surface area contributed by atoms with Gasteiger partial charge in [0.15, 0.2) is 5.75 Å². The number of hydrogen-bond donors (Lipinski definition) is 1. The van der Waals surface area contributed by atoms with Gasteiger partial charge in [0.2, 0.25) is 0 Å². The van der Waals surface area contributed by atoms with Gasteiger partial charge in [-0.2, -0.15) is 0 Å². The Morgan fingerprint density at radius 3 is 2.35 bits per heavy atom. The standard InChI is InChI=1S/C23H19Cl2F3N2O4/c1-29(18-4-2-3-5-20(18)34-23(26,27)28)13-19-16(24)12-17(25)21(31)30(19)11-10-14-6-8-15(9-7-14)22(32)33/h2-9,12H,10-11,13H2,1H3,(H,32,33). The van der Waals surface area contributed by atoms with Crippen molar-refractivity contribution in [3.63, 3.8) is 0 Å². The first kappa shape index (κ1) is 25.5. The zero-order valence-electron chi connectivity index (χ0n) is 17.8. The second kappa shape index (κ2) is 10.4. The van der Waals surface area contributed by atoms with Gasteiger partial charge in [-0.25, -0.2) is 4.79 Å². The quantitative estimate of drug-likeness (QED) is 0.421. The Morgan fingerprint density at radius 2 is 1.74 bits per heavy atom. The van der Waals surface area contributed by atoms with Crippen molar-refractivity contribution in [1.82, 2.24) is 4.57 Å². The number of aromatic nitrogens is 1. The molecule has 0 spiro atoms. The van der Waals surface area contributed by atoms with Crippen LogP contribution >= 0.6 is 23.2 Å². The van der Waals surface area contributed by atoms with Crippen LogP contribution in [-0.2, 0) is 19.5 Å². The minimum Gasteiger partial charge on any atom is -0.478 e. The summed E-state index contributed by atoms with van der Waals surface area (Å²) in [6.07, 6.45) is -4.51. The normalized spacial score (nSPS) is 11.4. The van der Waals surface area contributed by atoms with Crippen LogP contribution in [0.1, 0.15) is 21.6 Å². The Kier molecular flexibility index (Phi) is 7.78. The number of carboxylic acid groups (broad SMARTS) is 1. The fourth-order valence-electron chi connectivity index (χ4n) is 3.38. The third-order valence-electron chi connectivity index (χ3n) is 5.02. The molecule has 180 valence electrons. The Balaban J connectivity index is 1.90. The molecule has 1 heterocycles. The highest BCUT2D eigenvalue weighted by Crippen LogP contribution is 2.33. The van der Waals surface area contributed by atoms with Crippen LogP contribution in [0.2, 0.25) is 10.0 Å². The Bertz CT molecular complexity index is 1240. The molecule has 0 fully saturated rings. The molecule has 0 radical (unpaired) electrons. The number of hydrogen-bond acceptors (Lipinski definition) is 4. The fourth-order valence-corrected chi connectivity index (χ4v) is 3.92. The van der Waals surface area contributed by atoms with Crippen LogP contribution in [0.25, 0.3) is 0 Å². The largest absolute Gasteiger partial charge is 0.573 e. The highest BCUT2D eigenvalue weighted by molar-refractivity contribution is 6.34. The van der Waals surface area contributed by atoms with Crippen molar-refractivity contribution < 1.29 is 27.8 Å². The van der Waals surface area contributed by atoms with Gasteiger partial charge in [0.05, 0.1) is 28.5 Å². The van der Waals surface area contributed by atoms with E-state index < -0.39 is 23.6 Å². The maximum absolute atomic E-state index is 12.8. The number of alkyl halides is 3. The predicted molar refractivity (Wildman–Crippen MR) is 123 cm³/mol. The summed E-state index contributed by atoms with van der Waals surface area (Å²) in [6.45, 7) is 0.150. The van der Waals surface area contributed by atoms with Gasteiger partial charge in [-0.15, -0.1) is 13.2 Å². The SMILES string of the molecule is CN(Cc1c(Cl)cc(Cl)c(=O)n1CCc1ccc(C(=O)O)cc1)c1ccccc1OC(F)(F)F. The first-order valence-electron chi connectivity index (χ1n) is 9.92. The molecule has 0 unspecified atom stereocenters. The monoisotopic (exact) mass is 514 g/mol. The lowest BCUT2D eigenvalue weighted by Crippen LogP contribution is -2.29. The molecular formula is C23H19Cl2F3N2O4. The van der Waals surface area contributed by atoms with E-state index >= 15 is 0 Å². The lowest BCUT2D eigenvalue weighted by molar-refractivity contribution is -0.274. The minimum atomic E-state index is -4.87. The minimum absolute atomic E-state index is 0.0125. The maximum Gasteiger partial charge on any atom is 0.573 e. The Hall–Kier alpha value is -3.17. The molecule has 0 aliphatic rings. The van der Waals surface area contributed by atoms with E-state index in [0.717, 1.165) is 5.56 Å². The molecule has 1 N–H and O–H groups in total. The van der Waals surface area contributed by atoms with E-state index in [9.17, 15) is 22.8 Å². The molecular weight excluding hydrogens is 496 g/mol. The smallest absolute Gasteiger partial charge is 0.478 e. The lowest BCUT2D eigenvalue weighted by Gasteiger charge is -2.25. The highest BCUT2D eigenvalue weighted by atomic mass is 35.5. The van der Waals surface area contributed by atoms with Crippen molar-refractivity contribution in [2.75, 3.05) is 11.9 Å². The van der Waals surface area contributed by atoms with E-state index in [1.807, 2.05) is 0 Å². The number of rotatable bonds is 8. The number of carbonyl (C=O) groups is 1. The molecule has 0 saturated carbocycles. The van der Waals surface area contributed by atoms with E-state index in [-0.39, 0.29) is 34.4 Å². The van der Waals surface area contributed by atoms with Gasteiger partial charge in [0.25, 0.3) is 5.56 Å². The number of para-hydroxylation sites is 2. The molecule has 0 saturated heterocycles. The van der Waals surface area contributed by atoms with Crippen LogP contribution in [0.15, 0.2) is 59.4 Å². The Labute approximate surface area is 202 Å². The van der Waals surface area contributed by atoms with Gasteiger partial charge >= 0.3 is 12.3 Å². The number of benzene rings is 2. The van der Waals surface area contributed by atoms with E-state index in [4.69, 9.17) is 28.3 Å². The van der Waals surface area contributed by atoms with Crippen molar-refractivity contribution in [3.05, 3.63) is 91.8 Å². The molecule has 3 aromatic rings. The van der Waals surface area contributed by atoms with Crippen LogP contribution in [0.4, 0.5) is 18.9 Å². The fraction of sp³-hybridized carbons (Fsp3) is 0.217. The van der Waals surface area contributed by atoms with E-state index in [0.29, 0.717) is 12.1 Å². The number of anilines is 1. The summed E-state index contributed by atoms with van der Waals surface area (Å²) < 4.78 is 43.9. The summed E-state index contributed by atoms with van der Waals surface area (Å²) in [5, 5.41) is 9.10. The van der Waals surface area contributed by atoms with Crippen molar-refractivity contribution in [2.24, 2.45) is 0 Å². The summed E-state index contributed by atoms with van der Waals surface area (Å²) in [7, 11) is 1.54. The maximum atomic E-state index is 12.8. The van der Waals surface area contributed by atoms with E-state index in [1.165, 1.54) is 45.9 Å². The molecule has 11 heteroatoms. The molecule has 1 aromatic heterocycles. The van der Waals surface area contributed by atoms with Crippen molar-refractivity contribution in [3.8, 4) is 5.75 Å². The van der Waals surface area contributed by atoms with Crippen LogP contribution in [0.5, 0.6) is 5.75 Å². The number of carboxylic acids is 1. The molecule has 0 aliphatic carbocycles. The van der Waals surface area contributed by atoms with Crippen LogP contribution in [0, 0.1) is 0 Å². The first-order valence-corrected chi connectivity index (χ1v) is 10.7. The summed E-state index contributed by atoms with van der Waals surface area (Å²) >= 11 is 12.4. The van der Waals surface area contributed by atoms with Crippen molar-refractivity contribution in [1.29, 1.82) is 0 Å². The molecule has 0 atom stereocenters. The van der Waals surface area contributed by atoms with E-state index in [2.05, 4.69) is 4.74 Å². The van der Waals surface area contributed by atoms with Crippen molar-refractivity contribution >= 4 is 34.9 Å². The van der Waals surface area contributed by atoms with Crippen LogP contribution in [-0.4, -0.2) is 29.1 Å². The van der Waals surface area contributed by atoms with Crippen LogP contribution < -0.4 is 15.2 Å². The predicted octanol–water partition coefficient (Wildman–Crippen LogP) is 5.63. The van der Waals surface area contributed by atoms with Crippen LogP contribution in [0.3, 0.4) is 0 Å². The average molecular weight is 515 g/mol. The highest BCUT2D eigenvalue weighted by Gasteiger charge is 2.32. The number of aromatic carboxylic acids is 1. The average Bonchev–Trinajstić information content (AvgIpc) is 2.76. The van der Waals surface area contributed by atoms with Gasteiger partial charge in [-0.05, 0) is 42.3 Å². The van der Waals surface area contributed by atoms with Gasteiger partial charge < -0.3 is 19.3 Å². The summed E-state index contributed by atoms with van der Waals surface area (Å²) in [4.78, 5) is 25.3. The van der Waals surface area contributed by atoms with Gasteiger partial charge in [-0.1, -0.05) is 47.5 Å². The van der Waals surface area contributed by atoms with Crippen molar-refractivity contribution in [2.45, 2.75) is 25.9 Å². The number of nitrogens with zero attached hydrogens (tertiary/aromatic N) is 2. The molecule has 34 heavy (non-hydrogen) atoms. The third-order valence-corrected chi connectivity index (χ3v) is 5.62. The molecule has 0 amide bonds. The number of aryl methyl sites for hydroxylation is 1. The summed E-state index contributed by atoms with van der Waals surface area (Å²) in [6, 6.07) is 13.1. The summed E-state index contributed by atoms with van der Waals surface area (Å²) in [5.41, 5.74) is 0.901. The molecule has 0 bridgehead atoms. The number of ether oxygens (including phenoxy) is 1. The van der Waals surface area contributed by atoms with E-state index in [1.54, 1.807) is 25.2 Å². The topological polar surface area (TPSA) is 71.8 Å². The van der Waals surface area contributed by atoms with Gasteiger partial charge in [0, 0.05) is 13.6 Å². The molecule has 2 aromatic carbocycles. The second-order valence-corrected chi connectivity index (χ2v) is 8.18. The molecule has 3 rings (SSSR count). The lowest BCUT2D eigenvalue weighted by atomic mass is 10.1. The third kappa shape index (κ3) is 6.24. The number of pyridine rings is 1. The second-order valence-electron chi connectivity index (χ2n) is 7.37. The molecule has 0 aliphatic heterocycles.